The highest BCUT2D eigenvalue weighted by atomic mass is 35.5. The number of rotatable bonds is 2. The standard InChI is InChI=1S/C10H8ClNO2S/c1-5-8-4-7(11)2-6(3-9(13)14)10(8)15-12-5/h2,4H,3H2,1H3,(H,13,14). The summed E-state index contributed by atoms with van der Waals surface area (Å²) in [5.74, 6) is -0.857. The summed E-state index contributed by atoms with van der Waals surface area (Å²) in [6, 6.07) is 3.51. The maximum Gasteiger partial charge on any atom is 0.307 e. The molecule has 1 aromatic carbocycles. The van der Waals surface area contributed by atoms with Gasteiger partial charge in [-0.05, 0) is 36.2 Å². The van der Waals surface area contributed by atoms with Gasteiger partial charge in [0.05, 0.1) is 16.8 Å². The van der Waals surface area contributed by atoms with Crippen LogP contribution in [0.5, 0.6) is 0 Å². The number of fused-ring (bicyclic) bond motifs is 1. The van der Waals surface area contributed by atoms with Crippen LogP contribution in [-0.2, 0) is 11.2 Å². The molecule has 0 aliphatic rings. The molecule has 0 aliphatic carbocycles. The zero-order valence-corrected chi connectivity index (χ0v) is 9.52. The summed E-state index contributed by atoms with van der Waals surface area (Å²) in [4.78, 5) is 10.7. The lowest BCUT2D eigenvalue weighted by molar-refractivity contribution is -0.136. The quantitative estimate of drug-likeness (QED) is 0.880. The molecule has 3 nitrogen and oxygen atoms in total. The van der Waals surface area contributed by atoms with Crippen molar-refractivity contribution in [2.45, 2.75) is 13.3 Å². The summed E-state index contributed by atoms with van der Waals surface area (Å²) in [5, 5.41) is 10.3. The summed E-state index contributed by atoms with van der Waals surface area (Å²) in [5.41, 5.74) is 1.62. The molecule has 0 saturated carbocycles. The van der Waals surface area contributed by atoms with Gasteiger partial charge in [-0.1, -0.05) is 11.6 Å². The van der Waals surface area contributed by atoms with Crippen molar-refractivity contribution in [2.75, 3.05) is 0 Å². The van der Waals surface area contributed by atoms with E-state index < -0.39 is 5.97 Å². The molecule has 0 atom stereocenters. The molecule has 2 rings (SSSR count). The topological polar surface area (TPSA) is 50.2 Å². The molecule has 15 heavy (non-hydrogen) atoms. The number of nitrogens with zero attached hydrogens (tertiary/aromatic N) is 1. The van der Waals surface area contributed by atoms with Crippen molar-refractivity contribution in [3.05, 3.63) is 28.4 Å². The van der Waals surface area contributed by atoms with Crippen LogP contribution in [0.2, 0.25) is 5.02 Å². The minimum atomic E-state index is -0.857. The number of hydrogen-bond acceptors (Lipinski definition) is 3. The lowest BCUT2D eigenvalue weighted by Crippen LogP contribution is -1.99. The number of carboxylic acids is 1. The Balaban J connectivity index is 2.66. The summed E-state index contributed by atoms with van der Waals surface area (Å²) in [6.45, 7) is 1.89. The maximum absolute atomic E-state index is 10.7. The molecule has 1 heterocycles. The van der Waals surface area contributed by atoms with Gasteiger partial charge >= 0.3 is 5.97 Å². The predicted octanol–water partition coefficient (Wildman–Crippen LogP) is 2.89. The monoisotopic (exact) mass is 241 g/mol. The van der Waals surface area contributed by atoms with E-state index in [-0.39, 0.29) is 6.42 Å². The smallest absolute Gasteiger partial charge is 0.307 e. The molecule has 0 spiro atoms. The van der Waals surface area contributed by atoms with Crippen molar-refractivity contribution in [3.63, 3.8) is 0 Å². The van der Waals surface area contributed by atoms with Gasteiger partial charge in [0, 0.05) is 10.4 Å². The molecule has 0 fully saturated rings. The van der Waals surface area contributed by atoms with Gasteiger partial charge in [-0.3, -0.25) is 4.79 Å². The summed E-state index contributed by atoms with van der Waals surface area (Å²) in [7, 11) is 0. The SMILES string of the molecule is Cc1nsc2c(CC(=O)O)cc(Cl)cc12. The molecule has 0 radical (unpaired) electrons. The van der Waals surface area contributed by atoms with Crippen LogP contribution in [0.1, 0.15) is 11.3 Å². The van der Waals surface area contributed by atoms with Gasteiger partial charge in [0.1, 0.15) is 0 Å². The fraction of sp³-hybridized carbons (Fsp3) is 0.200. The minimum absolute atomic E-state index is 0.0152. The Morgan fingerprint density at radius 2 is 2.33 bits per heavy atom. The summed E-state index contributed by atoms with van der Waals surface area (Å²) >= 11 is 7.24. The highest BCUT2D eigenvalue weighted by molar-refractivity contribution is 7.13. The predicted molar refractivity (Wildman–Crippen MR) is 60.7 cm³/mol. The van der Waals surface area contributed by atoms with Gasteiger partial charge in [-0.2, -0.15) is 4.37 Å². The Kier molecular flexibility index (Phi) is 2.63. The number of carbonyl (C=O) groups is 1. The first-order chi connectivity index (χ1) is 7.08. The Morgan fingerprint density at radius 1 is 1.60 bits per heavy atom. The third kappa shape index (κ3) is 1.96. The number of aryl methyl sites for hydroxylation is 1. The highest BCUT2D eigenvalue weighted by Crippen LogP contribution is 2.29. The molecule has 0 bridgehead atoms. The minimum Gasteiger partial charge on any atom is -0.481 e. The number of hydrogen-bond donors (Lipinski definition) is 1. The van der Waals surface area contributed by atoms with E-state index in [0.29, 0.717) is 5.02 Å². The molecule has 1 N–H and O–H groups in total. The number of benzene rings is 1. The number of aromatic nitrogens is 1. The fourth-order valence-corrected chi connectivity index (χ4v) is 2.60. The third-order valence-corrected chi connectivity index (χ3v) is 3.38. The average molecular weight is 242 g/mol. The lowest BCUT2D eigenvalue weighted by atomic mass is 10.1. The van der Waals surface area contributed by atoms with Gasteiger partial charge in [0.25, 0.3) is 0 Å². The second-order valence-corrected chi connectivity index (χ2v) is 4.49. The first-order valence-electron chi connectivity index (χ1n) is 4.34. The number of carboxylic acid groups (broad SMARTS) is 1. The molecule has 0 amide bonds. The average Bonchev–Trinajstić information content (AvgIpc) is 2.47. The van der Waals surface area contributed by atoms with Crippen molar-refractivity contribution in [2.24, 2.45) is 0 Å². The Bertz CT molecular complexity index is 535. The first-order valence-corrected chi connectivity index (χ1v) is 5.49. The van der Waals surface area contributed by atoms with Gasteiger partial charge < -0.3 is 5.11 Å². The van der Waals surface area contributed by atoms with Crippen LogP contribution < -0.4 is 0 Å². The van der Waals surface area contributed by atoms with E-state index in [1.54, 1.807) is 6.07 Å². The van der Waals surface area contributed by atoms with E-state index >= 15 is 0 Å². The van der Waals surface area contributed by atoms with E-state index in [4.69, 9.17) is 16.7 Å². The molecular formula is C10H8ClNO2S. The Labute approximate surface area is 95.5 Å². The summed E-state index contributed by atoms with van der Waals surface area (Å²) < 4.78 is 5.11. The van der Waals surface area contributed by atoms with Crippen LogP contribution in [0.3, 0.4) is 0 Å². The van der Waals surface area contributed by atoms with E-state index in [0.717, 1.165) is 21.3 Å². The van der Waals surface area contributed by atoms with Crippen molar-refractivity contribution in [3.8, 4) is 0 Å². The van der Waals surface area contributed by atoms with Crippen molar-refractivity contribution in [1.82, 2.24) is 4.37 Å². The number of aliphatic carboxylic acids is 1. The van der Waals surface area contributed by atoms with Crippen LogP contribution >= 0.6 is 23.1 Å². The van der Waals surface area contributed by atoms with Crippen LogP contribution in [0, 0.1) is 6.92 Å². The van der Waals surface area contributed by atoms with Crippen LogP contribution in [0.15, 0.2) is 12.1 Å². The summed E-state index contributed by atoms with van der Waals surface area (Å²) in [6.07, 6.45) is -0.0152. The van der Waals surface area contributed by atoms with Crippen LogP contribution in [0.25, 0.3) is 10.1 Å². The molecule has 2 aromatic rings. The molecule has 1 aromatic heterocycles. The molecule has 0 unspecified atom stereocenters. The Morgan fingerprint density at radius 3 is 3.00 bits per heavy atom. The van der Waals surface area contributed by atoms with Crippen LogP contribution in [0.4, 0.5) is 0 Å². The number of halogens is 1. The molecule has 78 valence electrons. The van der Waals surface area contributed by atoms with Crippen molar-refractivity contribution in [1.29, 1.82) is 0 Å². The van der Waals surface area contributed by atoms with Crippen LogP contribution in [-0.4, -0.2) is 15.4 Å². The molecule has 0 saturated heterocycles. The van der Waals surface area contributed by atoms with Gasteiger partial charge in [0.15, 0.2) is 0 Å². The molecule has 0 aliphatic heterocycles. The zero-order chi connectivity index (χ0) is 11.0. The van der Waals surface area contributed by atoms with Crippen molar-refractivity contribution >= 4 is 39.2 Å². The van der Waals surface area contributed by atoms with Gasteiger partial charge in [0.2, 0.25) is 0 Å². The normalized spacial score (nSPS) is 10.8. The lowest BCUT2D eigenvalue weighted by Gasteiger charge is -2.00. The van der Waals surface area contributed by atoms with Crippen molar-refractivity contribution < 1.29 is 9.90 Å². The highest BCUT2D eigenvalue weighted by Gasteiger charge is 2.11. The van der Waals surface area contributed by atoms with E-state index in [1.165, 1.54) is 11.5 Å². The maximum atomic E-state index is 10.7. The Hall–Kier alpha value is -1.13. The third-order valence-electron chi connectivity index (χ3n) is 2.14. The van der Waals surface area contributed by atoms with E-state index in [1.807, 2.05) is 13.0 Å². The molecular weight excluding hydrogens is 234 g/mol. The van der Waals surface area contributed by atoms with Gasteiger partial charge in [-0.25, -0.2) is 0 Å². The second-order valence-electron chi connectivity index (χ2n) is 3.28. The fourth-order valence-electron chi connectivity index (χ4n) is 1.48. The first kappa shape index (κ1) is 10.4. The molecule has 5 heteroatoms. The largest absolute Gasteiger partial charge is 0.481 e. The van der Waals surface area contributed by atoms with E-state index in [9.17, 15) is 4.79 Å². The zero-order valence-electron chi connectivity index (χ0n) is 7.95. The van der Waals surface area contributed by atoms with E-state index in [2.05, 4.69) is 4.37 Å². The second kappa shape index (κ2) is 3.79. The van der Waals surface area contributed by atoms with Gasteiger partial charge in [-0.15, -0.1) is 0 Å².